The molecule has 0 aliphatic heterocycles. The first-order valence-corrected chi connectivity index (χ1v) is 11.3. The predicted octanol–water partition coefficient (Wildman–Crippen LogP) is 3.74. The van der Waals surface area contributed by atoms with Crippen LogP contribution in [0.15, 0.2) is 23.1 Å². The molecule has 0 saturated carbocycles. The van der Waals surface area contributed by atoms with Crippen LogP contribution in [0.4, 0.5) is 5.13 Å². The highest BCUT2D eigenvalue weighted by Gasteiger charge is 2.24. The first kappa shape index (κ1) is 21.3. The topological polar surface area (TPSA) is 103 Å². The number of hydrogen-bond acceptors (Lipinski definition) is 6. The monoisotopic (exact) mass is 408 g/mol. The van der Waals surface area contributed by atoms with Crippen molar-refractivity contribution in [1.82, 2.24) is 9.29 Å². The molecule has 0 bridgehead atoms. The van der Waals surface area contributed by atoms with Crippen LogP contribution in [0, 0.1) is 11.3 Å². The number of nitrogens with zero attached hydrogens (tertiary/aromatic N) is 3. The van der Waals surface area contributed by atoms with Crippen LogP contribution in [0.2, 0.25) is 0 Å². The van der Waals surface area contributed by atoms with E-state index in [1.165, 1.54) is 11.3 Å². The van der Waals surface area contributed by atoms with Crippen molar-refractivity contribution >= 4 is 42.6 Å². The van der Waals surface area contributed by atoms with Crippen molar-refractivity contribution in [2.24, 2.45) is 0 Å². The van der Waals surface area contributed by atoms with Gasteiger partial charge in [0, 0.05) is 13.1 Å². The van der Waals surface area contributed by atoms with E-state index >= 15 is 0 Å². The molecule has 0 radical (unpaired) electrons. The molecule has 0 fully saturated rings. The Balaban J connectivity index is 2.30. The van der Waals surface area contributed by atoms with Gasteiger partial charge in [0.1, 0.15) is 6.42 Å². The molecule has 1 amide bonds. The first-order chi connectivity index (χ1) is 12.9. The highest BCUT2D eigenvalue weighted by molar-refractivity contribution is 7.89. The number of nitrogens with one attached hydrogen (secondary N) is 1. The van der Waals surface area contributed by atoms with Gasteiger partial charge in [-0.1, -0.05) is 38.0 Å². The van der Waals surface area contributed by atoms with Crippen molar-refractivity contribution in [3.05, 3.63) is 18.2 Å². The maximum atomic E-state index is 13.1. The number of carbonyl (C=O) groups is 1. The number of aromatic nitrogens is 1. The largest absolute Gasteiger partial charge is 0.301 e. The molecule has 0 aliphatic carbocycles. The van der Waals surface area contributed by atoms with Gasteiger partial charge in [-0.15, -0.1) is 0 Å². The van der Waals surface area contributed by atoms with E-state index in [9.17, 15) is 13.2 Å². The van der Waals surface area contributed by atoms with Crippen molar-refractivity contribution in [1.29, 1.82) is 5.26 Å². The minimum absolute atomic E-state index is 0.237. The molecule has 0 spiro atoms. The van der Waals surface area contributed by atoms with Gasteiger partial charge in [-0.2, -0.15) is 9.57 Å². The Morgan fingerprint density at radius 3 is 2.52 bits per heavy atom. The van der Waals surface area contributed by atoms with Crippen molar-refractivity contribution in [2.45, 2.75) is 50.8 Å². The van der Waals surface area contributed by atoms with Gasteiger partial charge in [-0.25, -0.2) is 13.4 Å². The fraction of sp³-hybridized carbons (Fsp3) is 0.500. The van der Waals surface area contributed by atoms with Gasteiger partial charge in [-0.3, -0.25) is 4.79 Å². The zero-order valence-corrected chi connectivity index (χ0v) is 17.2. The van der Waals surface area contributed by atoms with Gasteiger partial charge in [0.15, 0.2) is 5.13 Å². The molecule has 27 heavy (non-hydrogen) atoms. The molecule has 1 N–H and O–H groups in total. The van der Waals surface area contributed by atoms with Gasteiger partial charge in [0.05, 0.1) is 21.2 Å². The molecule has 0 unspecified atom stereocenters. The summed E-state index contributed by atoms with van der Waals surface area (Å²) in [4.78, 5) is 16.0. The standard InChI is InChI=1S/C18H24N4O3S2/c1-3-5-11-22(12-6-4-2)27(24,25)14-7-8-15-16(13-14)26-18(20-15)21-17(23)9-10-19/h7-8,13H,3-6,9,11-12H2,1-2H3,(H,20,21,23). The minimum atomic E-state index is -3.58. The Morgan fingerprint density at radius 2 is 1.93 bits per heavy atom. The number of sulfonamides is 1. The first-order valence-electron chi connectivity index (χ1n) is 9.00. The molecule has 146 valence electrons. The van der Waals surface area contributed by atoms with Crippen LogP contribution in [0.1, 0.15) is 46.0 Å². The Hall–Kier alpha value is -2.02. The van der Waals surface area contributed by atoms with Crippen LogP contribution in [0.5, 0.6) is 0 Å². The van der Waals surface area contributed by atoms with E-state index < -0.39 is 15.9 Å². The summed E-state index contributed by atoms with van der Waals surface area (Å²) in [6.07, 6.45) is 3.25. The van der Waals surface area contributed by atoms with Crippen LogP contribution in [0.3, 0.4) is 0 Å². The van der Waals surface area contributed by atoms with Crippen LogP contribution >= 0.6 is 11.3 Å². The lowest BCUT2D eigenvalue weighted by atomic mass is 10.3. The lowest BCUT2D eigenvalue weighted by molar-refractivity contribution is -0.115. The molecule has 0 saturated heterocycles. The Kier molecular flexibility index (Phi) is 7.71. The van der Waals surface area contributed by atoms with E-state index in [1.54, 1.807) is 28.6 Å². The summed E-state index contributed by atoms with van der Waals surface area (Å²) < 4.78 is 28.4. The molecule has 9 heteroatoms. The van der Waals surface area contributed by atoms with E-state index in [0.717, 1.165) is 25.7 Å². The van der Waals surface area contributed by atoms with Gasteiger partial charge < -0.3 is 5.32 Å². The molecular formula is C18H24N4O3S2. The van der Waals surface area contributed by atoms with Gasteiger partial charge in [-0.05, 0) is 31.0 Å². The lowest BCUT2D eigenvalue weighted by Gasteiger charge is -2.21. The van der Waals surface area contributed by atoms with Crippen LogP contribution in [-0.2, 0) is 14.8 Å². The number of anilines is 1. The molecular weight excluding hydrogens is 384 g/mol. The highest BCUT2D eigenvalue weighted by atomic mass is 32.2. The average Bonchev–Trinajstić information content (AvgIpc) is 3.03. The third-order valence-electron chi connectivity index (χ3n) is 4.01. The summed E-state index contributed by atoms with van der Waals surface area (Å²) in [7, 11) is -3.58. The van der Waals surface area contributed by atoms with Crippen LogP contribution < -0.4 is 5.32 Å². The number of rotatable bonds is 10. The maximum Gasteiger partial charge on any atom is 0.243 e. The normalized spacial score (nSPS) is 11.6. The number of unbranched alkanes of at least 4 members (excludes halogenated alkanes) is 2. The van der Waals surface area contributed by atoms with Gasteiger partial charge >= 0.3 is 0 Å². The van der Waals surface area contributed by atoms with Crippen molar-refractivity contribution in [2.75, 3.05) is 18.4 Å². The smallest absolute Gasteiger partial charge is 0.243 e. The summed E-state index contributed by atoms with van der Waals surface area (Å²) >= 11 is 1.19. The molecule has 0 aliphatic rings. The second kappa shape index (κ2) is 9.78. The van der Waals surface area contributed by atoms with E-state index in [4.69, 9.17) is 5.26 Å². The van der Waals surface area contributed by atoms with E-state index in [0.29, 0.717) is 28.4 Å². The van der Waals surface area contributed by atoms with Crippen LogP contribution in [-0.4, -0.2) is 36.7 Å². The molecule has 0 atom stereocenters. The van der Waals surface area contributed by atoms with Gasteiger partial charge in [0.2, 0.25) is 15.9 Å². The number of amides is 1. The molecule has 2 aromatic rings. The third kappa shape index (κ3) is 5.48. The zero-order valence-electron chi connectivity index (χ0n) is 15.6. The van der Waals surface area contributed by atoms with E-state index in [2.05, 4.69) is 10.3 Å². The second-order valence-electron chi connectivity index (χ2n) is 6.14. The predicted molar refractivity (Wildman–Crippen MR) is 107 cm³/mol. The summed E-state index contributed by atoms with van der Waals surface area (Å²) in [6.45, 7) is 5.09. The molecule has 1 aromatic heterocycles. The van der Waals surface area contributed by atoms with Crippen LogP contribution in [0.25, 0.3) is 10.2 Å². The number of carbonyl (C=O) groups excluding carboxylic acids is 1. The number of thiazole rings is 1. The summed E-state index contributed by atoms with van der Waals surface area (Å²) in [5, 5.41) is 11.5. The van der Waals surface area contributed by atoms with Crippen molar-refractivity contribution in [3.63, 3.8) is 0 Å². The Labute approximate surface area is 164 Å². The van der Waals surface area contributed by atoms with Crippen molar-refractivity contribution in [3.8, 4) is 6.07 Å². The quantitative estimate of drug-likeness (QED) is 0.645. The summed E-state index contributed by atoms with van der Waals surface area (Å²) in [6, 6.07) is 6.59. The second-order valence-corrected chi connectivity index (χ2v) is 9.11. The SMILES string of the molecule is CCCCN(CCCC)S(=O)(=O)c1ccc2nc(NC(=O)CC#N)sc2c1. The number of hydrogen-bond donors (Lipinski definition) is 1. The number of fused-ring (bicyclic) bond motifs is 1. The zero-order chi connectivity index (χ0) is 19.9. The van der Waals surface area contributed by atoms with E-state index in [-0.39, 0.29) is 11.3 Å². The minimum Gasteiger partial charge on any atom is -0.301 e. The lowest BCUT2D eigenvalue weighted by Crippen LogP contribution is -2.33. The molecule has 7 nitrogen and oxygen atoms in total. The average molecular weight is 409 g/mol. The Morgan fingerprint density at radius 1 is 1.26 bits per heavy atom. The molecule has 1 heterocycles. The molecule has 1 aromatic carbocycles. The fourth-order valence-corrected chi connectivity index (χ4v) is 5.06. The van der Waals surface area contributed by atoms with Gasteiger partial charge in [0.25, 0.3) is 0 Å². The number of benzene rings is 1. The third-order valence-corrected chi connectivity index (χ3v) is 6.83. The number of nitriles is 1. The fourth-order valence-electron chi connectivity index (χ4n) is 2.52. The van der Waals surface area contributed by atoms with Crippen molar-refractivity contribution < 1.29 is 13.2 Å². The maximum absolute atomic E-state index is 13.1. The highest BCUT2D eigenvalue weighted by Crippen LogP contribution is 2.29. The Bertz CT molecular complexity index is 924. The molecule has 2 rings (SSSR count). The summed E-state index contributed by atoms with van der Waals surface area (Å²) in [5.74, 6) is -0.435. The van der Waals surface area contributed by atoms with E-state index in [1.807, 2.05) is 13.8 Å². The summed E-state index contributed by atoms with van der Waals surface area (Å²) in [5.41, 5.74) is 0.611.